The van der Waals surface area contributed by atoms with Gasteiger partial charge >= 0.3 is 6.03 Å². The smallest absolute Gasteiger partial charge is 0.323 e. The highest BCUT2D eigenvalue weighted by Gasteiger charge is 2.21. The summed E-state index contributed by atoms with van der Waals surface area (Å²) in [6.45, 7) is 11.4. The minimum atomic E-state index is -0.475. The number of ether oxygens (including phenoxy) is 2. The number of benzene rings is 3. The van der Waals surface area contributed by atoms with E-state index in [1.807, 2.05) is 72.8 Å². The summed E-state index contributed by atoms with van der Waals surface area (Å²) >= 11 is 0. The van der Waals surface area contributed by atoms with Crippen LogP contribution in [-0.2, 0) is 13.2 Å². The first-order chi connectivity index (χ1) is 20.7. The van der Waals surface area contributed by atoms with Gasteiger partial charge in [-0.2, -0.15) is 0 Å². The summed E-state index contributed by atoms with van der Waals surface area (Å²) < 4.78 is 13.4. The summed E-state index contributed by atoms with van der Waals surface area (Å²) in [5.74, 6) is 1.59. The third-order valence-corrected chi connectivity index (χ3v) is 7.48. The van der Waals surface area contributed by atoms with Crippen molar-refractivity contribution in [1.82, 2.24) is 4.57 Å². The van der Waals surface area contributed by atoms with Gasteiger partial charge in [0, 0.05) is 29.6 Å². The first kappa shape index (κ1) is 31.4. The molecular weight excluding hydrogens is 538 g/mol. The Hall–Kier alpha value is -4.52. The Morgan fingerprint density at radius 2 is 1.51 bits per heavy atom. The molecule has 0 fully saturated rings. The molecule has 0 bridgehead atoms. The van der Waals surface area contributed by atoms with Crippen LogP contribution >= 0.6 is 0 Å². The molecule has 1 aromatic heterocycles. The SMILES string of the molecule is CCCCn1ccc(-c2cc(OCc3ccccc3)ccc2OC)c(NC(=O)Nc2c(C(C)C)cccc2C(C)C)c1=O. The molecule has 3 aromatic carbocycles. The Balaban J connectivity index is 1.74. The van der Waals surface area contributed by atoms with Crippen LogP contribution in [0.25, 0.3) is 11.1 Å². The number of nitrogens with one attached hydrogen (secondary N) is 2. The molecule has 0 unspecified atom stereocenters. The fourth-order valence-electron chi connectivity index (χ4n) is 5.11. The maximum Gasteiger partial charge on any atom is 0.323 e. The zero-order valence-electron chi connectivity index (χ0n) is 26.1. The van der Waals surface area contributed by atoms with Gasteiger partial charge in [0.05, 0.1) is 7.11 Å². The van der Waals surface area contributed by atoms with Gasteiger partial charge < -0.3 is 24.7 Å². The highest BCUT2D eigenvalue weighted by atomic mass is 16.5. The van der Waals surface area contributed by atoms with Crippen LogP contribution in [0.4, 0.5) is 16.2 Å². The van der Waals surface area contributed by atoms with E-state index in [1.54, 1.807) is 17.9 Å². The van der Waals surface area contributed by atoms with Gasteiger partial charge in [-0.1, -0.05) is 89.6 Å². The molecule has 0 saturated carbocycles. The van der Waals surface area contributed by atoms with Crippen LogP contribution in [0.3, 0.4) is 0 Å². The molecule has 226 valence electrons. The molecule has 2 N–H and O–H groups in total. The van der Waals surface area contributed by atoms with Crippen molar-refractivity contribution in [3.63, 3.8) is 0 Å². The van der Waals surface area contributed by atoms with Crippen molar-refractivity contribution in [3.8, 4) is 22.6 Å². The number of nitrogens with zero attached hydrogens (tertiary/aromatic N) is 1. The Labute approximate surface area is 254 Å². The monoisotopic (exact) mass is 581 g/mol. The van der Waals surface area contributed by atoms with Gasteiger partial charge in [-0.3, -0.25) is 4.79 Å². The maximum atomic E-state index is 13.9. The fourth-order valence-corrected chi connectivity index (χ4v) is 5.11. The van der Waals surface area contributed by atoms with E-state index in [2.05, 4.69) is 45.3 Å². The standard InChI is InChI=1S/C36H43N3O4/c1-7-8-20-39-21-19-30(31-22-27(17-18-32(31)42-6)43-23-26-13-10-9-11-14-26)34(35(39)40)38-36(41)37-33-28(24(2)3)15-12-16-29(33)25(4)5/h9-19,21-22,24-25H,7-8,20,23H2,1-6H3,(H2,37,38,41). The number of methoxy groups -OCH3 is 1. The number of hydrogen-bond donors (Lipinski definition) is 2. The predicted octanol–water partition coefficient (Wildman–Crippen LogP) is 8.79. The third kappa shape index (κ3) is 7.66. The average Bonchev–Trinajstić information content (AvgIpc) is 3.00. The van der Waals surface area contributed by atoms with Crippen LogP contribution < -0.4 is 25.7 Å². The Morgan fingerprint density at radius 3 is 2.14 bits per heavy atom. The number of unbranched alkanes of at least 4 members (excludes halogenated alkanes) is 1. The molecule has 4 aromatic rings. The predicted molar refractivity (Wildman–Crippen MR) is 176 cm³/mol. The van der Waals surface area contributed by atoms with Crippen LogP contribution in [0.5, 0.6) is 11.5 Å². The summed E-state index contributed by atoms with van der Waals surface area (Å²) in [6.07, 6.45) is 3.56. The normalized spacial score (nSPS) is 11.1. The zero-order chi connectivity index (χ0) is 30.9. The molecule has 7 nitrogen and oxygen atoms in total. The molecule has 4 rings (SSSR count). The molecule has 0 aliphatic carbocycles. The van der Waals surface area contributed by atoms with E-state index in [1.165, 1.54) is 0 Å². The molecule has 7 heteroatoms. The van der Waals surface area contributed by atoms with Crippen LogP contribution in [0.15, 0.2) is 83.8 Å². The van der Waals surface area contributed by atoms with Crippen LogP contribution in [0.1, 0.15) is 76.0 Å². The van der Waals surface area contributed by atoms with Crippen molar-refractivity contribution in [1.29, 1.82) is 0 Å². The number of para-hydroxylation sites is 1. The fraction of sp³-hybridized carbons (Fsp3) is 0.333. The van der Waals surface area contributed by atoms with Gasteiger partial charge in [0.15, 0.2) is 0 Å². The van der Waals surface area contributed by atoms with Crippen molar-refractivity contribution in [2.45, 2.75) is 72.4 Å². The summed E-state index contributed by atoms with van der Waals surface area (Å²) in [4.78, 5) is 27.5. The summed E-state index contributed by atoms with van der Waals surface area (Å²) in [5, 5.41) is 6.01. The molecule has 0 aliphatic rings. The molecule has 0 saturated heterocycles. The second-order valence-corrected chi connectivity index (χ2v) is 11.3. The number of carbonyl (C=O) groups is 1. The van der Waals surface area contributed by atoms with E-state index in [-0.39, 0.29) is 23.1 Å². The number of pyridine rings is 1. The lowest BCUT2D eigenvalue weighted by Gasteiger charge is -2.21. The summed E-state index contributed by atoms with van der Waals surface area (Å²) in [6, 6.07) is 22.9. The van der Waals surface area contributed by atoms with Crippen molar-refractivity contribution >= 4 is 17.4 Å². The van der Waals surface area contributed by atoms with Gasteiger partial charge in [0.2, 0.25) is 0 Å². The first-order valence-corrected chi connectivity index (χ1v) is 15.0. The largest absolute Gasteiger partial charge is 0.496 e. The van der Waals surface area contributed by atoms with E-state index in [0.29, 0.717) is 35.8 Å². The quantitative estimate of drug-likeness (QED) is 0.175. The lowest BCUT2D eigenvalue weighted by Crippen LogP contribution is -2.29. The van der Waals surface area contributed by atoms with E-state index < -0.39 is 6.03 Å². The number of aromatic nitrogens is 1. The second kappa shape index (κ2) is 14.6. The Kier molecular flexibility index (Phi) is 10.7. The number of amides is 2. The summed E-state index contributed by atoms with van der Waals surface area (Å²) in [5.41, 5.74) is 5.01. The third-order valence-electron chi connectivity index (χ3n) is 7.48. The minimum Gasteiger partial charge on any atom is -0.496 e. The van der Waals surface area contributed by atoms with Crippen molar-refractivity contribution in [3.05, 3.63) is 106 Å². The number of hydrogen-bond acceptors (Lipinski definition) is 4. The van der Waals surface area contributed by atoms with Gasteiger partial charge in [0.1, 0.15) is 23.8 Å². The molecule has 43 heavy (non-hydrogen) atoms. The van der Waals surface area contributed by atoms with Crippen molar-refractivity contribution < 1.29 is 14.3 Å². The minimum absolute atomic E-state index is 0.183. The number of carbonyl (C=O) groups excluding carboxylic acids is 1. The van der Waals surface area contributed by atoms with E-state index >= 15 is 0 Å². The molecule has 0 radical (unpaired) electrons. The topological polar surface area (TPSA) is 81.6 Å². The molecule has 0 atom stereocenters. The lowest BCUT2D eigenvalue weighted by molar-refractivity contribution is 0.262. The van der Waals surface area contributed by atoms with Gasteiger partial charge in [0.25, 0.3) is 5.56 Å². The van der Waals surface area contributed by atoms with Gasteiger partial charge in [-0.05, 0) is 59.2 Å². The molecular formula is C36H43N3O4. The van der Waals surface area contributed by atoms with E-state index in [4.69, 9.17) is 9.47 Å². The van der Waals surface area contributed by atoms with Crippen LogP contribution in [-0.4, -0.2) is 17.7 Å². The van der Waals surface area contributed by atoms with Gasteiger partial charge in [-0.15, -0.1) is 0 Å². The highest BCUT2D eigenvalue weighted by molar-refractivity contribution is 6.03. The molecule has 0 aliphatic heterocycles. The van der Waals surface area contributed by atoms with Crippen LogP contribution in [0.2, 0.25) is 0 Å². The number of rotatable bonds is 12. The number of anilines is 2. The number of aryl methyl sites for hydroxylation is 1. The molecule has 2 amide bonds. The Morgan fingerprint density at radius 1 is 0.837 bits per heavy atom. The van der Waals surface area contributed by atoms with Crippen molar-refractivity contribution in [2.24, 2.45) is 0 Å². The average molecular weight is 582 g/mol. The second-order valence-electron chi connectivity index (χ2n) is 11.3. The lowest BCUT2D eigenvalue weighted by atomic mass is 9.93. The van der Waals surface area contributed by atoms with E-state index in [9.17, 15) is 9.59 Å². The van der Waals surface area contributed by atoms with Crippen molar-refractivity contribution in [2.75, 3.05) is 17.7 Å². The maximum absolute atomic E-state index is 13.9. The highest BCUT2D eigenvalue weighted by Crippen LogP contribution is 2.37. The van der Waals surface area contributed by atoms with E-state index in [0.717, 1.165) is 35.2 Å². The first-order valence-electron chi connectivity index (χ1n) is 15.0. The van der Waals surface area contributed by atoms with Crippen LogP contribution in [0, 0.1) is 0 Å². The zero-order valence-corrected chi connectivity index (χ0v) is 26.1. The number of urea groups is 1. The van der Waals surface area contributed by atoms with Gasteiger partial charge in [-0.25, -0.2) is 4.79 Å². The molecule has 1 heterocycles. The molecule has 0 spiro atoms. The Bertz CT molecular complexity index is 1570. The summed E-state index contributed by atoms with van der Waals surface area (Å²) in [7, 11) is 1.59.